The maximum atomic E-state index is 5.86. The summed E-state index contributed by atoms with van der Waals surface area (Å²) in [6, 6.07) is 33.6. The minimum atomic E-state index is 0.858. The summed E-state index contributed by atoms with van der Waals surface area (Å²) < 4.78 is 11.7. The van der Waals surface area contributed by atoms with Crippen LogP contribution < -0.4 is 9.47 Å². The highest BCUT2D eigenvalue weighted by Gasteiger charge is 2.21. The van der Waals surface area contributed by atoms with E-state index in [0.29, 0.717) is 0 Å². The van der Waals surface area contributed by atoms with E-state index in [0.717, 1.165) is 33.2 Å². The van der Waals surface area contributed by atoms with Crippen molar-refractivity contribution in [3.63, 3.8) is 0 Å². The molecule has 2 nitrogen and oxygen atoms in total. The summed E-state index contributed by atoms with van der Waals surface area (Å²) in [5.74, 6) is 1.72. The summed E-state index contributed by atoms with van der Waals surface area (Å²) in [6.45, 7) is 0. The van der Waals surface area contributed by atoms with Gasteiger partial charge < -0.3 is 9.47 Å². The van der Waals surface area contributed by atoms with Gasteiger partial charge in [0.2, 0.25) is 0 Å². The first-order valence-corrected chi connectivity index (χ1v) is 10.0. The summed E-state index contributed by atoms with van der Waals surface area (Å²) in [4.78, 5) is 0. The van der Waals surface area contributed by atoms with Crippen molar-refractivity contribution >= 4 is 21.5 Å². The van der Waals surface area contributed by atoms with Gasteiger partial charge in [-0.2, -0.15) is 0 Å². The van der Waals surface area contributed by atoms with Crippen molar-refractivity contribution in [2.24, 2.45) is 0 Å². The summed E-state index contributed by atoms with van der Waals surface area (Å²) in [5, 5.41) is 4.50. The van der Waals surface area contributed by atoms with Gasteiger partial charge in [-0.15, -0.1) is 0 Å². The number of hydrogen-bond donors (Lipinski definition) is 0. The number of methoxy groups -OCH3 is 2. The Morgan fingerprint density at radius 2 is 0.933 bits per heavy atom. The summed E-state index contributed by atoms with van der Waals surface area (Å²) in [5.41, 5.74) is 4.70. The Bertz CT molecular complexity index is 1340. The van der Waals surface area contributed by atoms with Crippen LogP contribution in [0.25, 0.3) is 43.8 Å². The molecule has 30 heavy (non-hydrogen) atoms. The molecule has 5 rings (SSSR count). The predicted octanol–water partition coefficient (Wildman–Crippen LogP) is 7.34. The van der Waals surface area contributed by atoms with Gasteiger partial charge in [0.1, 0.15) is 11.5 Å². The zero-order valence-corrected chi connectivity index (χ0v) is 17.1. The number of fused-ring (bicyclic) bond motifs is 3. The van der Waals surface area contributed by atoms with E-state index in [1.165, 1.54) is 22.1 Å². The molecular weight excluding hydrogens is 368 g/mol. The van der Waals surface area contributed by atoms with Crippen LogP contribution in [0.2, 0.25) is 0 Å². The van der Waals surface area contributed by atoms with Crippen LogP contribution in [-0.2, 0) is 0 Å². The quantitative estimate of drug-likeness (QED) is 0.299. The molecule has 0 N–H and O–H groups in total. The van der Waals surface area contributed by atoms with Crippen molar-refractivity contribution in [1.82, 2.24) is 0 Å². The molecule has 2 heteroatoms. The fourth-order valence-electron chi connectivity index (χ4n) is 4.41. The standard InChI is InChI=1S/C28H22O2/c1-29-23-17-9-15-21-25(19-11-5-3-6-12-19)26(20-13-7-4-8-14-20)28-22(27(21)23)16-10-18-24(28)30-2/h3-18H,1-2H3. The molecule has 0 fully saturated rings. The molecule has 0 aromatic heterocycles. The highest BCUT2D eigenvalue weighted by molar-refractivity contribution is 6.24. The summed E-state index contributed by atoms with van der Waals surface area (Å²) >= 11 is 0. The van der Waals surface area contributed by atoms with Crippen LogP contribution in [-0.4, -0.2) is 14.2 Å². The minimum Gasteiger partial charge on any atom is -0.496 e. The third-order valence-corrected chi connectivity index (χ3v) is 5.66. The van der Waals surface area contributed by atoms with Gasteiger partial charge in [0, 0.05) is 16.3 Å². The summed E-state index contributed by atoms with van der Waals surface area (Å²) in [6.07, 6.45) is 0. The highest BCUT2D eigenvalue weighted by atomic mass is 16.5. The van der Waals surface area contributed by atoms with E-state index in [1.54, 1.807) is 14.2 Å². The lowest BCUT2D eigenvalue weighted by Gasteiger charge is -2.21. The van der Waals surface area contributed by atoms with E-state index < -0.39 is 0 Å². The molecule has 0 heterocycles. The molecule has 0 radical (unpaired) electrons. The zero-order valence-electron chi connectivity index (χ0n) is 17.1. The van der Waals surface area contributed by atoms with Gasteiger partial charge in [-0.05, 0) is 39.6 Å². The summed E-state index contributed by atoms with van der Waals surface area (Å²) in [7, 11) is 3.46. The van der Waals surface area contributed by atoms with Crippen molar-refractivity contribution in [2.45, 2.75) is 0 Å². The van der Waals surface area contributed by atoms with E-state index in [9.17, 15) is 0 Å². The monoisotopic (exact) mass is 390 g/mol. The second kappa shape index (κ2) is 7.57. The van der Waals surface area contributed by atoms with Crippen LogP contribution in [0.1, 0.15) is 0 Å². The van der Waals surface area contributed by atoms with Gasteiger partial charge in [0.15, 0.2) is 0 Å². The third kappa shape index (κ3) is 2.81. The van der Waals surface area contributed by atoms with Crippen LogP contribution in [0.4, 0.5) is 0 Å². The van der Waals surface area contributed by atoms with Crippen LogP contribution in [0, 0.1) is 0 Å². The number of benzene rings is 5. The van der Waals surface area contributed by atoms with Crippen LogP contribution in [0.15, 0.2) is 97.1 Å². The maximum Gasteiger partial charge on any atom is 0.127 e. The third-order valence-electron chi connectivity index (χ3n) is 5.66. The lowest BCUT2D eigenvalue weighted by molar-refractivity contribution is 0.419. The van der Waals surface area contributed by atoms with Crippen LogP contribution in [0.5, 0.6) is 11.5 Å². The number of ether oxygens (including phenoxy) is 2. The lowest BCUT2D eigenvalue weighted by atomic mass is 9.84. The average Bonchev–Trinajstić information content (AvgIpc) is 2.83. The molecule has 5 aromatic carbocycles. The van der Waals surface area contributed by atoms with E-state index in [2.05, 4.69) is 78.9 Å². The molecule has 0 amide bonds. The molecule has 0 bridgehead atoms. The van der Waals surface area contributed by atoms with Gasteiger partial charge in [0.05, 0.1) is 14.2 Å². The fraction of sp³-hybridized carbons (Fsp3) is 0.0714. The fourth-order valence-corrected chi connectivity index (χ4v) is 4.41. The SMILES string of the molecule is COc1cccc2c1c(-c1ccccc1)c(-c1ccccc1)c1cccc(OC)c12. The molecule has 0 aliphatic carbocycles. The molecule has 5 aromatic rings. The molecule has 146 valence electrons. The van der Waals surface area contributed by atoms with Gasteiger partial charge in [-0.25, -0.2) is 0 Å². The molecular formula is C28H22O2. The van der Waals surface area contributed by atoms with Crippen molar-refractivity contribution in [3.05, 3.63) is 97.1 Å². The second-order valence-electron chi connectivity index (χ2n) is 7.25. The topological polar surface area (TPSA) is 18.5 Å². The van der Waals surface area contributed by atoms with Crippen LogP contribution >= 0.6 is 0 Å². The van der Waals surface area contributed by atoms with Gasteiger partial charge in [-0.3, -0.25) is 0 Å². The lowest BCUT2D eigenvalue weighted by Crippen LogP contribution is -1.96. The zero-order chi connectivity index (χ0) is 20.5. The normalized spacial score (nSPS) is 11.0. The molecule has 0 saturated heterocycles. The molecule has 0 aliphatic rings. The van der Waals surface area contributed by atoms with Crippen molar-refractivity contribution in [1.29, 1.82) is 0 Å². The van der Waals surface area contributed by atoms with E-state index in [4.69, 9.17) is 9.47 Å². The maximum absolute atomic E-state index is 5.86. The average molecular weight is 390 g/mol. The molecule has 0 unspecified atom stereocenters. The first kappa shape index (κ1) is 18.3. The Kier molecular flexibility index (Phi) is 4.61. The first-order valence-electron chi connectivity index (χ1n) is 10.0. The Labute approximate surface area is 176 Å². The van der Waals surface area contributed by atoms with Crippen molar-refractivity contribution < 1.29 is 9.47 Å². The Morgan fingerprint density at radius 1 is 0.433 bits per heavy atom. The second-order valence-corrected chi connectivity index (χ2v) is 7.25. The van der Waals surface area contributed by atoms with Crippen molar-refractivity contribution in [3.8, 4) is 33.8 Å². The Balaban J connectivity index is 2.11. The van der Waals surface area contributed by atoms with Crippen LogP contribution in [0.3, 0.4) is 0 Å². The molecule has 0 spiro atoms. The predicted molar refractivity (Wildman–Crippen MR) is 125 cm³/mol. The highest BCUT2D eigenvalue weighted by Crippen LogP contribution is 2.49. The Morgan fingerprint density at radius 3 is 1.50 bits per heavy atom. The molecule has 0 atom stereocenters. The largest absolute Gasteiger partial charge is 0.496 e. The van der Waals surface area contributed by atoms with Crippen molar-refractivity contribution in [2.75, 3.05) is 14.2 Å². The van der Waals surface area contributed by atoms with E-state index >= 15 is 0 Å². The number of rotatable bonds is 4. The van der Waals surface area contributed by atoms with E-state index in [1.807, 2.05) is 18.2 Å². The van der Waals surface area contributed by atoms with Gasteiger partial charge in [-0.1, -0.05) is 84.9 Å². The molecule has 0 aliphatic heterocycles. The number of hydrogen-bond acceptors (Lipinski definition) is 2. The first-order chi connectivity index (χ1) is 14.8. The van der Waals surface area contributed by atoms with Gasteiger partial charge >= 0.3 is 0 Å². The van der Waals surface area contributed by atoms with E-state index in [-0.39, 0.29) is 0 Å². The minimum absolute atomic E-state index is 0.858. The smallest absolute Gasteiger partial charge is 0.127 e. The molecule has 0 saturated carbocycles. The Hall–Kier alpha value is -3.78. The van der Waals surface area contributed by atoms with Gasteiger partial charge in [0.25, 0.3) is 0 Å².